The number of allylic oxidation sites excluding steroid dienone is 1. The number of benzene rings is 2. The summed E-state index contributed by atoms with van der Waals surface area (Å²) in [7, 11) is 2.11. The van der Waals surface area contributed by atoms with Crippen LogP contribution in [0.2, 0.25) is 5.02 Å². The molecule has 1 aromatic heterocycles. The van der Waals surface area contributed by atoms with E-state index in [2.05, 4.69) is 46.0 Å². The highest BCUT2D eigenvalue weighted by Gasteiger charge is 2.50. The zero-order chi connectivity index (χ0) is 32.7. The van der Waals surface area contributed by atoms with Crippen LogP contribution in [0.4, 0.5) is 15.9 Å². The third kappa shape index (κ3) is 5.66. The van der Waals surface area contributed by atoms with Crippen molar-refractivity contribution in [1.29, 1.82) is 5.26 Å². The van der Waals surface area contributed by atoms with Gasteiger partial charge in [-0.2, -0.15) is 10.2 Å². The van der Waals surface area contributed by atoms with Gasteiger partial charge >= 0.3 is 5.69 Å². The van der Waals surface area contributed by atoms with E-state index in [1.54, 1.807) is 4.90 Å². The highest BCUT2D eigenvalue weighted by atomic mass is 35.5. The summed E-state index contributed by atoms with van der Waals surface area (Å²) in [6.45, 7) is 3.49. The zero-order valence-electron chi connectivity index (χ0n) is 26.6. The van der Waals surface area contributed by atoms with Gasteiger partial charge < -0.3 is 24.3 Å². The Morgan fingerprint density at radius 3 is 2.70 bits per heavy atom. The molecule has 2 atom stereocenters. The summed E-state index contributed by atoms with van der Waals surface area (Å²) >= 11 is 6.84. The topological polar surface area (TPSA) is 97.9 Å². The molecule has 0 unspecified atom stereocenters. The van der Waals surface area contributed by atoms with Crippen molar-refractivity contribution >= 4 is 39.8 Å². The Hall–Kier alpha value is -3.98. The second-order valence-corrected chi connectivity index (χ2v) is 13.6. The van der Waals surface area contributed by atoms with Gasteiger partial charge in [0.2, 0.25) is 5.91 Å². The van der Waals surface area contributed by atoms with E-state index in [4.69, 9.17) is 21.3 Å². The number of nitrogens with zero attached hydrogens (tertiary/aromatic N) is 7. The summed E-state index contributed by atoms with van der Waals surface area (Å²) in [6, 6.07) is 14.2. The number of carbonyl (C=O) groups is 1. The summed E-state index contributed by atoms with van der Waals surface area (Å²) in [5.41, 5.74) is 2.31. The molecule has 0 bridgehead atoms. The SMILES string of the molecule is CN1CCC[C@H]1Cn1c2c(c(N3CCN(C(=O)/C=C/CF)[C@@H](CC#N)C3)nc1=O)CC1(COC1)N(c1cccc3cccc(Cl)c13)C2. The third-order valence-electron chi connectivity index (χ3n) is 10.4. The molecule has 47 heavy (non-hydrogen) atoms. The third-order valence-corrected chi connectivity index (χ3v) is 10.7. The van der Waals surface area contributed by atoms with Crippen LogP contribution in [0.3, 0.4) is 0 Å². The smallest absolute Gasteiger partial charge is 0.349 e. The number of anilines is 2. The molecule has 5 heterocycles. The maximum Gasteiger partial charge on any atom is 0.349 e. The van der Waals surface area contributed by atoms with Crippen LogP contribution in [0.25, 0.3) is 10.8 Å². The molecule has 4 aliphatic rings. The molecular formula is C35H39ClFN7O3. The van der Waals surface area contributed by atoms with Crippen LogP contribution < -0.4 is 15.5 Å². The molecule has 3 aromatic rings. The normalized spacial score (nSPS) is 22.6. The molecule has 0 N–H and O–H groups in total. The molecule has 0 radical (unpaired) electrons. The zero-order valence-corrected chi connectivity index (χ0v) is 27.3. The lowest BCUT2D eigenvalue weighted by molar-refractivity contribution is -0.128. The molecule has 2 aromatic carbocycles. The number of halogens is 2. The summed E-state index contributed by atoms with van der Waals surface area (Å²) in [5.74, 6) is 0.306. The Bertz CT molecular complexity index is 1810. The first kappa shape index (κ1) is 31.6. The number of alkyl halides is 1. The van der Waals surface area contributed by atoms with Gasteiger partial charge in [0, 0.05) is 67.0 Å². The standard InChI is InChI=1S/C35H39ClFN7O3/c1-40-15-5-8-25(40)20-43-30-21-44(29-10-3-7-24-6-2-9-28(36)32(24)29)35(22-47-23-35)18-27(30)33(39-34(43)46)41-16-17-42(26(19-41)12-14-38)31(45)11-4-13-37/h2-4,6-7,9-11,25-26H,5,8,12-13,15-23H2,1H3/b11-4+/t25-,26-/m0/s1. The number of amides is 1. The lowest BCUT2D eigenvalue weighted by Crippen LogP contribution is -2.66. The second kappa shape index (κ2) is 12.9. The number of likely N-dealkylation sites (N-methyl/N-ethyl adjacent to an activating group) is 1. The van der Waals surface area contributed by atoms with E-state index in [0.717, 1.165) is 47.1 Å². The number of piperazine rings is 1. The Kier molecular flexibility index (Phi) is 8.68. The van der Waals surface area contributed by atoms with Gasteiger partial charge in [-0.05, 0) is 50.0 Å². The lowest BCUT2D eigenvalue weighted by atomic mass is 9.81. The van der Waals surface area contributed by atoms with Crippen molar-refractivity contribution in [2.75, 3.05) is 62.9 Å². The summed E-state index contributed by atoms with van der Waals surface area (Å²) in [6.07, 6.45) is 5.26. The Balaban J connectivity index is 1.33. The van der Waals surface area contributed by atoms with E-state index in [1.165, 1.54) is 12.2 Å². The maximum absolute atomic E-state index is 14.1. The number of nitriles is 1. The Morgan fingerprint density at radius 1 is 1.19 bits per heavy atom. The highest BCUT2D eigenvalue weighted by Crippen LogP contribution is 2.45. The second-order valence-electron chi connectivity index (χ2n) is 13.2. The molecule has 10 nitrogen and oxygen atoms in total. The minimum absolute atomic E-state index is 0.117. The van der Waals surface area contributed by atoms with Crippen LogP contribution in [0.1, 0.15) is 30.5 Å². The first-order valence-corrected chi connectivity index (χ1v) is 16.7. The molecule has 4 aliphatic heterocycles. The van der Waals surface area contributed by atoms with Gasteiger partial charge in [0.05, 0.1) is 48.9 Å². The fraction of sp³-hybridized carbons (Fsp3) is 0.486. The van der Waals surface area contributed by atoms with Crippen molar-refractivity contribution in [2.24, 2.45) is 0 Å². The summed E-state index contributed by atoms with van der Waals surface area (Å²) in [4.78, 5) is 40.1. The highest BCUT2D eigenvalue weighted by molar-refractivity contribution is 6.36. The lowest BCUT2D eigenvalue weighted by Gasteiger charge is -2.54. The molecule has 7 rings (SSSR count). The minimum atomic E-state index is -0.731. The molecule has 0 aliphatic carbocycles. The predicted octanol–water partition coefficient (Wildman–Crippen LogP) is 3.93. The minimum Gasteiger partial charge on any atom is -0.376 e. The first-order chi connectivity index (χ1) is 22.8. The largest absolute Gasteiger partial charge is 0.376 e. The van der Waals surface area contributed by atoms with Gasteiger partial charge in [0.1, 0.15) is 12.5 Å². The Morgan fingerprint density at radius 2 is 2.00 bits per heavy atom. The number of rotatable bonds is 7. The van der Waals surface area contributed by atoms with Crippen LogP contribution in [0, 0.1) is 11.3 Å². The van der Waals surface area contributed by atoms with E-state index >= 15 is 0 Å². The maximum atomic E-state index is 14.1. The number of hydrogen-bond donors (Lipinski definition) is 0. The van der Waals surface area contributed by atoms with Crippen molar-refractivity contribution in [3.63, 3.8) is 0 Å². The van der Waals surface area contributed by atoms with E-state index in [9.17, 15) is 19.2 Å². The Labute approximate surface area is 278 Å². The molecule has 12 heteroatoms. The predicted molar refractivity (Wildman–Crippen MR) is 180 cm³/mol. The number of carbonyl (C=O) groups excluding carboxylic acids is 1. The van der Waals surface area contributed by atoms with Crippen molar-refractivity contribution in [3.8, 4) is 6.07 Å². The van der Waals surface area contributed by atoms with Gasteiger partial charge in [-0.25, -0.2) is 9.18 Å². The fourth-order valence-corrected chi connectivity index (χ4v) is 8.18. The molecule has 1 spiro atoms. The van der Waals surface area contributed by atoms with Crippen molar-refractivity contribution in [3.05, 3.63) is 75.3 Å². The average molecular weight is 660 g/mol. The quantitative estimate of drug-likeness (QED) is 0.352. The summed E-state index contributed by atoms with van der Waals surface area (Å²) < 4.78 is 20.6. The molecule has 3 saturated heterocycles. The van der Waals surface area contributed by atoms with Crippen LogP contribution in [0.15, 0.2) is 53.3 Å². The van der Waals surface area contributed by atoms with E-state index < -0.39 is 12.7 Å². The average Bonchev–Trinajstić information content (AvgIpc) is 3.47. The monoisotopic (exact) mass is 659 g/mol. The van der Waals surface area contributed by atoms with Gasteiger partial charge in [-0.3, -0.25) is 9.36 Å². The first-order valence-electron chi connectivity index (χ1n) is 16.3. The molecule has 3 fully saturated rings. The van der Waals surface area contributed by atoms with Crippen LogP contribution in [-0.4, -0.2) is 96.0 Å². The number of hydrogen-bond acceptors (Lipinski definition) is 8. The molecule has 246 valence electrons. The number of likely N-dealkylation sites (tertiary alicyclic amines) is 1. The molecule has 1 amide bonds. The van der Waals surface area contributed by atoms with Crippen molar-refractivity contribution in [2.45, 2.75) is 56.4 Å². The van der Waals surface area contributed by atoms with Crippen LogP contribution >= 0.6 is 11.6 Å². The van der Waals surface area contributed by atoms with Gasteiger partial charge in [0.25, 0.3) is 0 Å². The number of fused-ring (bicyclic) bond motifs is 2. The van der Waals surface area contributed by atoms with E-state index in [0.29, 0.717) is 63.2 Å². The van der Waals surface area contributed by atoms with Crippen molar-refractivity contribution < 1.29 is 13.9 Å². The van der Waals surface area contributed by atoms with Crippen LogP contribution in [-0.2, 0) is 29.0 Å². The van der Waals surface area contributed by atoms with Gasteiger partial charge in [0.15, 0.2) is 0 Å². The van der Waals surface area contributed by atoms with E-state index in [1.807, 2.05) is 22.8 Å². The molecular weight excluding hydrogens is 621 g/mol. The van der Waals surface area contributed by atoms with Crippen LogP contribution in [0.5, 0.6) is 0 Å². The van der Waals surface area contributed by atoms with Gasteiger partial charge in [-0.1, -0.05) is 35.9 Å². The van der Waals surface area contributed by atoms with Crippen molar-refractivity contribution in [1.82, 2.24) is 19.4 Å². The van der Waals surface area contributed by atoms with Gasteiger partial charge in [-0.15, -0.1) is 0 Å². The summed E-state index contributed by atoms with van der Waals surface area (Å²) in [5, 5.41) is 12.3. The van der Waals surface area contributed by atoms with E-state index in [-0.39, 0.29) is 29.6 Å². The fourth-order valence-electron chi connectivity index (χ4n) is 7.90. The number of ether oxygens (including phenoxy) is 1. The number of aromatic nitrogens is 2. The molecule has 0 saturated carbocycles.